The average Bonchev–Trinajstić information content (AvgIpc) is 2.46. The lowest BCUT2D eigenvalue weighted by atomic mass is 9.97. The van der Waals surface area contributed by atoms with Crippen LogP contribution in [0.1, 0.15) is 36.9 Å². The number of ether oxygens (including phenoxy) is 1. The molecule has 0 aliphatic carbocycles. The summed E-state index contributed by atoms with van der Waals surface area (Å²) < 4.78 is 5.32. The molecule has 0 spiro atoms. The van der Waals surface area contributed by atoms with Crippen LogP contribution in [-0.2, 0) is 9.53 Å². The van der Waals surface area contributed by atoms with Gasteiger partial charge in [-0.3, -0.25) is 4.79 Å². The molecule has 0 radical (unpaired) electrons. The van der Waals surface area contributed by atoms with Crippen LogP contribution in [0.3, 0.4) is 0 Å². The summed E-state index contributed by atoms with van der Waals surface area (Å²) in [5.74, 6) is 0.378. The summed E-state index contributed by atoms with van der Waals surface area (Å²) in [7, 11) is 1.91. The normalized spacial score (nSPS) is 18.1. The molecule has 0 N–H and O–H groups in total. The van der Waals surface area contributed by atoms with Crippen molar-refractivity contribution in [2.24, 2.45) is 5.92 Å². The molecule has 1 atom stereocenters. The summed E-state index contributed by atoms with van der Waals surface area (Å²) in [6.07, 6.45) is 1.70. The Hall–Kier alpha value is -1.35. The van der Waals surface area contributed by atoms with Gasteiger partial charge in [-0.15, -0.1) is 0 Å². The fraction of sp³-hybridized carbons (Fsp3) is 0.562. The maximum absolute atomic E-state index is 12.5. The van der Waals surface area contributed by atoms with Gasteiger partial charge in [-0.1, -0.05) is 29.8 Å². The number of hydrogen-bond donors (Lipinski definition) is 0. The van der Waals surface area contributed by atoms with E-state index in [1.54, 1.807) is 0 Å². The average molecular weight is 261 g/mol. The van der Waals surface area contributed by atoms with Gasteiger partial charge in [0.05, 0.1) is 6.04 Å². The van der Waals surface area contributed by atoms with Crippen molar-refractivity contribution in [2.75, 3.05) is 20.3 Å². The Morgan fingerprint density at radius 1 is 1.26 bits per heavy atom. The van der Waals surface area contributed by atoms with Gasteiger partial charge < -0.3 is 9.64 Å². The highest BCUT2D eigenvalue weighted by Crippen LogP contribution is 2.24. The zero-order chi connectivity index (χ0) is 13.8. The summed E-state index contributed by atoms with van der Waals surface area (Å²) >= 11 is 0. The number of benzene rings is 1. The number of carbonyl (C=O) groups excluding carboxylic acids is 1. The van der Waals surface area contributed by atoms with Gasteiger partial charge in [-0.2, -0.15) is 0 Å². The van der Waals surface area contributed by atoms with Gasteiger partial charge in [0.2, 0.25) is 5.91 Å². The van der Waals surface area contributed by atoms with Crippen molar-refractivity contribution in [3.05, 3.63) is 35.4 Å². The molecule has 3 heteroatoms. The molecule has 1 amide bonds. The first-order valence-corrected chi connectivity index (χ1v) is 7.00. The number of nitrogens with zero attached hydrogens (tertiary/aromatic N) is 1. The minimum atomic E-state index is 0.121. The highest BCUT2D eigenvalue weighted by Gasteiger charge is 2.27. The molecule has 19 heavy (non-hydrogen) atoms. The summed E-state index contributed by atoms with van der Waals surface area (Å²) in [5, 5.41) is 0. The second-order valence-corrected chi connectivity index (χ2v) is 5.42. The first-order valence-electron chi connectivity index (χ1n) is 7.00. The Balaban J connectivity index is 2.03. The number of aryl methyl sites for hydroxylation is 1. The highest BCUT2D eigenvalue weighted by atomic mass is 16.5. The quantitative estimate of drug-likeness (QED) is 0.837. The number of hydrogen-bond acceptors (Lipinski definition) is 2. The van der Waals surface area contributed by atoms with Crippen LogP contribution in [-0.4, -0.2) is 31.1 Å². The van der Waals surface area contributed by atoms with Gasteiger partial charge in [-0.25, -0.2) is 0 Å². The second kappa shape index (κ2) is 6.20. The molecule has 1 aliphatic heterocycles. The summed E-state index contributed by atoms with van der Waals surface area (Å²) in [4.78, 5) is 14.3. The molecule has 1 heterocycles. The van der Waals surface area contributed by atoms with Gasteiger partial charge in [-0.05, 0) is 32.3 Å². The van der Waals surface area contributed by atoms with E-state index in [0.29, 0.717) is 13.2 Å². The highest BCUT2D eigenvalue weighted by molar-refractivity contribution is 5.79. The van der Waals surface area contributed by atoms with Crippen LogP contribution in [0.15, 0.2) is 24.3 Å². The van der Waals surface area contributed by atoms with Crippen LogP contribution in [0, 0.1) is 12.8 Å². The molecule has 1 aliphatic rings. The molecule has 1 aromatic carbocycles. The SMILES string of the molecule is Cc1ccc(C(C)N(C)C(=O)C2CCOCC2)cc1. The lowest BCUT2D eigenvalue weighted by molar-refractivity contribution is -0.139. The van der Waals surface area contributed by atoms with Crippen LogP contribution >= 0.6 is 0 Å². The molecule has 1 aromatic rings. The van der Waals surface area contributed by atoms with Crippen molar-refractivity contribution in [3.63, 3.8) is 0 Å². The van der Waals surface area contributed by atoms with Crippen LogP contribution in [0.4, 0.5) is 0 Å². The monoisotopic (exact) mass is 261 g/mol. The molecule has 2 rings (SSSR count). The van der Waals surface area contributed by atoms with Crippen molar-refractivity contribution < 1.29 is 9.53 Å². The first-order chi connectivity index (χ1) is 9.09. The van der Waals surface area contributed by atoms with Crippen LogP contribution in [0.2, 0.25) is 0 Å². The van der Waals surface area contributed by atoms with Crippen LogP contribution < -0.4 is 0 Å². The Bertz CT molecular complexity index is 421. The van der Waals surface area contributed by atoms with Gasteiger partial charge in [0.15, 0.2) is 0 Å². The van der Waals surface area contributed by atoms with Gasteiger partial charge in [0.1, 0.15) is 0 Å². The summed E-state index contributed by atoms with van der Waals surface area (Å²) in [5.41, 5.74) is 2.43. The lowest BCUT2D eigenvalue weighted by Gasteiger charge is -2.31. The van der Waals surface area contributed by atoms with E-state index >= 15 is 0 Å². The maximum atomic E-state index is 12.5. The van der Waals surface area contributed by atoms with E-state index in [1.165, 1.54) is 11.1 Å². The van der Waals surface area contributed by atoms with Gasteiger partial charge >= 0.3 is 0 Å². The molecular formula is C16H23NO2. The minimum Gasteiger partial charge on any atom is -0.381 e. The third kappa shape index (κ3) is 3.35. The molecule has 3 nitrogen and oxygen atoms in total. The van der Waals surface area contributed by atoms with Gasteiger partial charge in [0.25, 0.3) is 0 Å². The van der Waals surface area contributed by atoms with Crippen molar-refractivity contribution in [1.82, 2.24) is 4.90 Å². The van der Waals surface area contributed by atoms with Gasteiger partial charge in [0, 0.05) is 26.2 Å². The van der Waals surface area contributed by atoms with E-state index in [2.05, 4.69) is 38.1 Å². The van der Waals surface area contributed by atoms with Crippen molar-refractivity contribution in [3.8, 4) is 0 Å². The van der Waals surface area contributed by atoms with E-state index in [1.807, 2.05) is 11.9 Å². The maximum Gasteiger partial charge on any atom is 0.226 e. The van der Waals surface area contributed by atoms with E-state index in [9.17, 15) is 4.79 Å². The Labute approximate surface area is 115 Å². The Kier molecular flexibility index (Phi) is 4.59. The molecule has 104 valence electrons. The van der Waals surface area contributed by atoms with Crippen LogP contribution in [0.5, 0.6) is 0 Å². The van der Waals surface area contributed by atoms with Crippen molar-refractivity contribution in [2.45, 2.75) is 32.7 Å². The fourth-order valence-corrected chi connectivity index (χ4v) is 2.49. The predicted molar refractivity (Wildman–Crippen MR) is 75.9 cm³/mol. The largest absolute Gasteiger partial charge is 0.381 e. The Morgan fingerprint density at radius 2 is 1.84 bits per heavy atom. The number of amides is 1. The first kappa shape index (κ1) is 14.1. The lowest BCUT2D eigenvalue weighted by Crippen LogP contribution is -2.37. The Morgan fingerprint density at radius 3 is 2.42 bits per heavy atom. The van der Waals surface area contributed by atoms with E-state index in [4.69, 9.17) is 4.74 Å². The molecule has 1 saturated heterocycles. The molecule has 0 aromatic heterocycles. The molecule has 1 unspecified atom stereocenters. The van der Waals surface area contributed by atoms with Crippen molar-refractivity contribution >= 4 is 5.91 Å². The zero-order valence-electron chi connectivity index (χ0n) is 12.1. The zero-order valence-corrected chi connectivity index (χ0v) is 12.1. The molecule has 0 saturated carbocycles. The minimum absolute atomic E-state index is 0.121. The van der Waals surface area contributed by atoms with Crippen LogP contribution in [0.25, 0.3) is 0 Å². The predicted octanol–water partition coefficient (Wildman–Crippen LogP) is 2.94. The standard InChI is InChI=1S/C16H23NO2/c1-12-4-6-14(7-5-12)13(2)17(3)16(18)15-8-10-19-11-9-15/h4-7,13,15H,8-11H2,1-3H3. The van der Waals surface area contributed by atoms with E-state index in [0.717, 1.165) is 12.8 Å². The second-order valence-electron chi connectivity index (χ2n) is 5.42. The summed E-state index contributed by atoms with van der Waals surface area (Å²) in [6.45, 7) is 5.58. The fourth-order valence-electron chi connectivity index (χ4n) is 2.49. The molecular weight excluding hydrogens is 238 g/mol. The van der Waals surface area contributed by atoms with E-state index in [-0.39, 0.29) is 17.9 Å². The number of carbonyl (C=O) groups is 1. The third-order valence-electron chi connectivity index (χ3n) is 4.06. The molecule has 1 fully saturated rings. The molecule has 0 bridgehead atoms. The van der Waals surface area contributed by atoms with Crippen molar-refractivity contribution in [1.29, 1.82) is 0 Å². The topological polar surface area (TPSA) is 29.5 Å². The van der Waals surface area contributed by atoms with E-state index < -0.39 is 0 Å². The number of rotatable bonds is 3. The smallest absolute Gasteiger partial charge is 0.226 e. The summed E-state index contributed by atoms with van der Waals surface area (Å²) in [6, 6.07) is 8.52. The third-order valence-corrected chi connectivity index (χ3v) is 4.06.